The zero-order valence-electron chi connectivity index (χ0n) is 8.21. The highest BCUT2D eigenvalue weighted by Crippen LogP contribution is 2.21. The van der Waals surface area contributed by atoms with Gasteiger partial charge in [0, 0.05) is 0 Å². The third-order valence-electron chi connectivity index (χ3n) is 2.32. The van der Waals surface area contributed by atoms with Gasteiger partial charge in [-0.1, -0.05) is 0 Å². The standard InChI is InChI=1S/C11H9N3O/c1-8-4-9-2-3-13-14(9)10(5-8)11-6-12-7-15-11/h2-7H,1H3. The smallest absolute Gasteiger partial charge is 0.181 e. The van der Waals surface area contributed by atoms with E-state index in [2.05, 4.69) is 16.1 Å². The van der Waals surface area contributed by atoms with E-state index in [9.17, 15) is 0 Å². The fourth-order valence-corrected chi connectivity index (χ4v) is 1.69. The van der Waals surface area contributed by atoms with E-state index >= 15 is 0 Å². The van der Waals surface area contributed by atoms with Crippen molar-refractivity contribution in [2.24, 2.45) is 0 Å². The van der Waals surface area contributed by atoms with Gasteiger partial charge in [0.2, 0.25) is 0 Å². The van der Waals surface area contributed by atoms with E-state index < -0.39 is 0 Å². The summed E-state index contributed by atoms with van der Waals surface area (Å²) < 4.78 is 7.12. The van der Waals surface area contributed by atoms with Crippen molar-refractivity contribution < 1.29 is 4.42 Å². The molecule has 4 heteroatoms. The van der Waals surface area contributed by atoms with Crippen molar-refractivity contribution in [3.05, 3.63) is 42.5 Å². The molecule has 3 rings (SSSR count). The van der Waals surface area contributed by atoms with Crippen molar-refractivity contribution in [3.8, 4) is 11.5 Å². The van der Waals surface area contributed by atoms with Crippen molar-refractivity contribution in [1.82, 2.24) is 14.6 Å². The highest BCUT2D eigenvalue weighted by atomic mass is 16.3. The van der Waals surface area contributed by atoms with Crippen molar-refractivity contribution in [3.63, 3.8) is 0 Å². The van der Waals surface area contributed by atoms with Crippen LogP contribution in [0.3, 0.4) is 0 Å². The van der Waals surface area contributed by atoms with Crippen molar-refractivity contribution in [2.45, 2.75) is 6.92 Å². The molecular weight excluding hydrogens is 190 g/mol. The molecule has 0 aliphatic carbocycles. The van der Waals surface area contributed by atoms with Crippen LogP contribution in [0.15, 0.2) is 41.4 Å². The molecule has 3 heterocycles. The van der Waals surface area contributed by atoms with Gasteiger partial charge in [0.1, 0.15) is 5.69 Å². The van der Waals surface area contributed by atoms with Gasteiger partial charge in [-0.15, -0.1) is 0 Å². The second-order valence-electron chi connectivity index (χ2n) is 3.45. The molecule has 0 aliphatic heterocycles. The lowest BCUT2D eigenvalue weighted by molar-refractivity contribution is 0.567. The number of aryl methyl sites for hydroxylation is 1. The second kappa shape index (κ2) is 2.95. The quantitative estimate of drug-likeness (QED) is 0.604. The molecule has 15 heavy (non-hydrogen) atoms. The first kappa shape index (κ1) is 8.23. The van der Waals surface area contributed by atoms with Crippen LogP contribution in [0.25, 0.3) is 17.0 Å². The Hall–Kier alpha value is -2.10. The molecule has 3 aromatic rings. The van der Waals surface area contributed by atoms with Crippen LogP contribution in [0.2, 0.25) is 0 Å². The number of fused-ring (bicyclic) bond motifs is 1. The first-order valence-corrected chi connectivity index (χ1v) is 4.68. The molecular formula is C11H9N3O. The minimum absolute atomic E-state index is 0.729. The average Bonchev–Trinajstić information content (AvgIpc) is 2.86. The Bertz CT molecular complexity index is 595. The lowest BCUT2D eigenvalue weighted by atomic mass is 10.2. The van der Waals surface area contributed by atoms with E-state index in [1.165, 1.54) is 12.0 Å². The van der Waals surface area contributed by atoms with Gasteiger partial charge in [0.15, 0.2) is 12.2 Å². The molecule has 0 amide bonds. The first-order chi connectivity index (χ1) is 7.34. The first-order valence-electron chi connectivity index (χ1n) is 4.68. The molecule has 0 unspecified atom stereocenters. The Morgan fingerprint density at radius 1 is 1.33 bits per heavy atom. The summed E-state index contributed by atoms with van der Waals surface area (Å²) in [6.45, 7) is 2.05. The zero-order chi connectivity index (χ0) is 10.3. The van der Waals surface area contributed by atoms with Gasteiger partial charge in [0.25, 0.3) is 0 Å². The van der Waals surface area contributed by atoms with Crippen molar-refractivity contribution in [1.29, 1.82) is 0 Å². The Morgan fingerprint density at radius 2 is 2.27 bits per heavy atom. The molecule has 74 valence electrons. The molecule has 0 spiro atoms. The van der Waals surface area contributed by atoms with Crippen LogP contribution in [-0.4, -0.2) is 14.6 Å². The third-order valence-corrected chi connectivity index (χ3v) is 2.32. The number of pyridine rings is 1. The van der Waals surface area contributed by atoms with Gasteiger partial charge in [-0.05, 0) is 30.7 Å². The number of hydrogen-bond donors (Lipinski definition) is 0. The highest BCUT2D eigenvalue weighted by molar-refractivity contribution is 5.61. The summed E-state index contributed by atoms with van der Waals surface area (Å²) in [6.07, 6.45) is 4.89. The zero-order valence-corrected chi connectivity index (χ0v) is 8.21. The molecule has 0 saturated carbocycles. The fraction of sp³-hybridized carbons (Fsp3) is 0.0909. The fourth-order valence-electron chi connectivity index (χ4n) is 1.69. The van der Waals surface area contributed by atoms with Gasteiger partial charge in [0.05, 0.1) is 17.9 Å². The molecule has 0 bridgehead atoms. The third kappa shape index (κ3) is 1.22. The van der Waals surface area contributed by atoms with Gasteiger partial charge in [-0.25, -0.2) is 9.50 Å². The molecule has 0 saturated heterocycles. The Labute approximate surface area is 86.2 Å². The molecule has 0 aromatic carbocycles. The highest BCUT2D eigenvalue weighted by Gasteiger charge is 2.07. The molecule has 4 nitrogen and oxygen atoms in total. The molecule has 0 atom stereocenters. The van der Waals surface area contributed by atoms with Gasteiger partial charge >= 0.3 is 0 Å². The molecule has 0 radical (unpaired) electrons. The predicted molar refractivity (Wildman–Crippen MR) is 55.4 cm³/mol. The maximum absolute atomic E-state index is 5.28. The Morgan fingerprint density at radius 3 is 3.07 bits per heavy atom. The van der Waals surface area contributed by atoms with E-state index in [1.54, 1.807) is 12.4 Å². The molecule has 0 N–H and O–H groups in total. The van der Waals surface area contributed by atoms with Gasteiger partial charge in [-0.2, -0.15) is 5.10 Å². The normalized spacial score (nSPS) is 11.0. The summed E-state index contributed by atoms with van der Waals surface area (Å²) in [5, 5.41) is 4.24. The number of rotatable bonds is 1. The maximum atomic E-state index is 5.28. The van der Waals surface area contributed by atoms with Crippen LogP contribution in [0.5, 0.6) is 0 Å². The average molecular weight is 199 g/mol. The lowest BCUT2D eigenvalue weighted by Crippen LogP contribution is -1.93. The lowest BCUT2D eigenvalue weighted by Gasteiger charge is -2.02. The number of nitrogens with zero attached hydrogens (tertiary/aromatic N) is 3. The summed E-state index contributed by atoms with van der Waals surface area (Å²) in [5.41, 5.74) is 3.16. The SMILES string of the molecule is Cc1cc(-c2cnco2)n2nccc2c1. The Balaban J connectivity index is 2.38. The van der Waals surface area contributed by atoms with E-state index in [0.717, 1.165) is 17.0 Å². The molecule has 0 fully saturated rings. The number of aromatic nitrogens is 3. The van der Waals surface area contributed by atoms with Crippen LogP contribution in [-0.2, 0) is 0 Å². The van der Waals surface area contributed by atoms with Crippen LogP contribution in [0.4, 0.5) is 0 Å². The van der Waals surface area contributed by atoms with Gasteiger partial charge in [-0.3, -0.25) is 0 Å². The summed E-state index contributed by atoms with van der Waals surface area (Å²) in [7, 11) is 0. The second-order valence-corrected chi connectivity index (χ2v) is 3.45. The minimum atomic E-state index is 0.729. The van der Waals surface area contributed by atoms with Gasteiger partial charge < -0.3 is 4.42 Å². The number of oxazole rings is 1. The van der Waals surface area contributed by atoms with Crippen LogP contribution in [0.1, 0.15) is 5.56 Å². The summed E-state index contributed by atoms with van der Waals surface area (Å²) >= 11 is 0. The van der Waals surface area contributed by atoms with Crippen LogP contribution < -0.4 is 0 Å². The topological polar surface area (TPSA) is 43.3 Å². The van der Waals surface area contributed by atoms with E-state index in [4.69, 9.17) is 4.42 Å². The van der Waals surface area contributed by atoms with Crippen molar-refractivity contribution in [2.75, 3.05) is 0 Å². The minimum Gasteiger partial charge on any atom is -0.442 e. The molecule has 0 aliphatic rings. The van der Waals surface area contributed by atoms with E-state index in [-0.39, 0.29) is 0 Å². The van der Waals surface area contributed by atoms with E-state index in [0.29, 0.717) is 0 Å². The summed E-state index contributed by atoms with van der Waals surface area (Å²) in [5.74, 6) is 0.729. The van der Waals surface area contributed by atoms with Crippen LogP contribution in [0, 0.1) is 6.92 Å². The maximum Gasteiger partial charge on any atom is 0.181 e. The predicted octanol–water partition coefficient (Wildman–Crippen LogP) is 2.30. The summed E-state index contributed by atoms with van der Waals surface area (Å²) in [6, 6.07) is 6.07. The monoisotopic (exact) mass is 199 g/mol. The summed E-state index contributed by atoms with van der Waals surface area (Å²) in [4.78, 5) is 3.91. The molecule has 3 aromatic heterocycles. The van der Waals surface area contributed by atoms with E-state index in [1.807, 2.05) is 23.6 Å². The Kier molecular flexibility index (Phi) is 1.62. The largest absolute Gasteiger partial charge is 0.442 e. The van der Waals surface area contributed by atoms with Crippen LogP contribution >= 0.6 is 0 Å². The van der Waals surface area contributed by atoms with Crippen molar-refractivity contribution >= 4 is 5.52 Å². The number of hydrogen-bond acceptors (Lipinski definition) is 3.